The van der Waals surface area contributed by atoms with Gasteiger partial charge in [0.15, 0.2) is 29.1 Å². The fourth-order valence-electron chi connectivity index (χ4n) is 12.5. The van der Waals surface area contributed by atoms with Gasteiger partial charge in [-0.2, -0.15) is 0 Å². The van der Waals surface area contributed by atoms with Crippen molar-refractivity contribution in [1.82, 2.24) is 16.0 Å². The SMILES string of the molecule is CCC(CC)SC(CC(=O)O)C(=O)NCCC(=O)N[C@@H](C)C(=O)N[C@@H](C)C(=O)N(C)c1ccc(Cc2ccc([C@@H]3O[C@@H]4CC5[C@@H]6C[C@H](F)C7=CC(=O)C=C[C@]7(C)[C@@]6(F)[C@@H](O)C[C@]5(C)[C@]4(C(=O)CO)O3)cc2)cc1OC. The number of nitrogens with one attached hydrogen (secondary N) is 3. The van der Waals surface area contributed by atoms with E-state index in [2.05, 4.69) is 16.0 Å². The van der Waals surface area contributed by atoms with Crippen LogP contribution < -0.4 is 25.6 Å². The number of aliphatic hydroxyl groups is 2. The van der Waals surface area contributed by atoms with E-state index in [1.165, 1.54) is 63.7 Å². The molecular formula is C55H70F2N4O13S. The van der Waals surface area contributed by atoms with E-state index in [4.69, 9.17) is 14.2 Å². The number of ketones is 2. The van der Waals surface area contributed by atoms with Crippen LogP contribution >= 0.6 is 11.8 Å². The van der Waals surface area contributed by atoms with Gasteiger partial charge in [0, 0.05) is 47.6 Å². The maximum atomic E-state index is 17.8. The van der Waals surface area contributed by atoms with Gasteiger partial charge in [-0.05, 0) is 106 Å². The zero-order valence-electron chi connectivity index (χ0n) is 43.7. The molecule has 1 heterocycles. The molecule has 7 rings (SSSR count). The Hall–Kier alpha value is -5.54. The van der Waals surface area contributed by atoms with Crippen molar-refractivity contribution in [2.24, 2.45) is 22.7 Å². The van der Waals surface area contributed by atoms with Crippen molar-refractivity contribution in [2.45, 2.75) is 151 Å². The van der Waals surface area contributed by atoms with E-state index in [1.54, 1.807) is 31.2 Å². The van der Waals surface area contributed by atoms with Crippen molar-refractivity contribution >= 4 is 58.6 Å². The van der Waals surface area contributed by atoms with Crippen molar-refractivity contribution in [1.29, 1.82) is 0 Å². The third kappa shape index (κ3) is 10.5. The number of fused-ring (bicyclic) bond motifs is 7. The van der Waals surface area contributed by atoms with E-state index >= 15 is 8.78 Å². The van der Waals surface area contributed by atoms with Crippen LogP contribution in [0.15, 0.2) is 66.3 Å². The average Bonchev–Trinajstić information content (AvgIpc) is 3.99. The number of alkyl halides is 2. The smallest absolute Gasteiger partial charge is 0.305 e. The van der Waals surface area contributed by atoms with Gasteiger partial charge in [0.25, 0.3) is 0 Å². The van der Waals surface area contributed by atoms with Crippen molar-refractivity contribution in [3.63, 3.8) is 0 Å². The number of Topliss-reactive ketones (excluding diaryl/α,β-unsaturated/α-hetero) is 1. The number of aliphatic carboxylic acids is 1. The Balaban J connectivity index is 0.943. The van der Waals surface area contributed by atoms with Gasteiger partial charge in [0.05, 0.1) is 36.7 Å². The Morgan fingerprint density at radius 3 is 2.28 bits per heavy atom. The minimum Gasteiger partial charge on any atom is -0.495 e. The molecule has 0 radical (unpaired) electrons. The third-order valence-electron chi connectivity index (χ3n) is 16.6. The first-order chi connectivity index (χ1) is 35.4. The molecule has 20 heteroatoms. The number of thioether (sulfide) groups is 1. The second-order valence-electron chi connectivity index (χ2n) is 21.0. The van der Waals surface area contributed by atoms with E-state index in [0.29, 0.717) is 23.4 Å². The van der Waals surface area contributed by atoms with Gasteiger partial charge >= 0.3 is 5.97 Å². The maximum Gasteiger partial charge on any atom is 0.305 e. The number of carbonyl (C=O) groups excluding carboxylic acids is 6. The Labute approximate surface area is 439 Å². The Morgan fingerprint density at radius 1 is 0.960 bits per heavy atom. The highest BCUT2D eigenvalue weighted by molar-refractivity contribution is 8.01. The number of anilines is 1. The maximum absolute atomic E-state index is 17.8. The fourth-order valence-corrected chi connectivity index (χ4v) is 13.8. The van der Waals surface area contributed by atoms with Gasteiger partial charge in [-0.3, -0.25) is 33.6 Å². The minimum absolute atomic E-state index is 0.00645. The summed E-state index contributed by atoms with van der Waals surface area (Å²) >= 11 is 1.30. The standard InChI is InChI=1S/C55H70F2N4O13S/c1-9-35(10-2)75-42(26-47(67)68)49(70)58-20-18-46(66)59-29(3)48(69)60-30(4)50(71)61(7)40-16-13-32(22-41(40)72-8)21-31-11-14-33(15-12-31)51-73-45-25-36-37-24-39(56)38-23-34(63)17-19-52(38,5)54(37,57)43(64)27-53(36,6)55(45,74-51)44(65)28-62/h11-17,19,22-23,29-30,35-37,39,42-43,45,51,62,64H,9-10,18,20-21,24-28H2,1-8H3,(H,58,70)(H,59,66)(H,60,69)(H,67,68)/t29-,30-,36?,37-,39-,42?,43-,45+,51+,52-,53-,54-,55+/m0/s1. The first-order valence-electron chi connectivity index (χ1n) is 25.6. The quantitative estimate of drug-likeness (QED) is 0.0945. The molecule has 4 fully saturated rings. The summed E-state index contributed by atoms with van der Waals surface area (Å²) in [5, 5.41) is 38.6. The Bertz CT molecular complexity index is 2610. The van der Waals surface area contributed by atoms with E-state index in [-0.39, 0.29) is 49.5 Å². The first-order valence-corrected chi connectivity index (χ1v) is 26.6. The van der Waals surface area contributed by atoms with Crippen LogP contribution in [0.5, 0.6) is 5.75 Å². The van der Waals surface area contributed by atoms with Crippen LogP contribution in [0.25, 0.3) is 0 Å². The monoisotopic (exact) mass is 1060 g/mol. The molecule has 5 aliphatic rings. The molecule has 1 saturated heterocycles. The molecule has 17 nitrogen and oxygen atoms in total. The predicted molar refractivity (Wildman–Crippen MR) is 274 cm³/mol. The first kappa shape index (κ1) is 57.2. The van der Waals surface area contributed by atoms with Crippen LogP contribution in [0.1, 0.15) is 109 Å². The van der Waals surface area contributed by atoms with Crippen molar-refractivity contribution in [3.8, 4) is 5.75 Å². The van der Waals surface area contributed by atoms with Gasteiger partial charge in [0.2, 0.25) is 23.6 Å². The number of aliphatic hydroxyl groups excluding tert-OH is 2. The van der Waals surface area contributed by atoms with Crippen LogP contribution in [0, 0.1) is 22.7 Å². The number of carbonyl (C=O) groups is 7. The molecule has 1 aliphatic heterocycles. The molecule has 2 aromatic carbocycles. The van der Waals surface area contributed by atoms with Gasteiger partial charge in [0.1, 0.15) is 30.6 Å². The highest BCUT2D eigenvalue weighted by atomic mass is 32.2. The molecule has 0 aromatic heterocycles. The molecule has 408 valence electrons. The highest BCUT2D eigenvalue weighted by Gasteiger charge is 2.80. The lowest BCUT2D eigenvalue weighted by molar-refractivity contribution is -0.235. The lowest BCUT2D eigenvalue weighted by Crippen LogP contribution is -2.70. The summed E-state index contributed by atoms with van der Waals surface area (Å²) in [6.45, 7) is 9.17. The van der Waals surface area contributed by atoms with Crippen molar-refractivity contribution < 1.29 is 71.9 Å². The molecular weight excluding hydrogens is 995 g/mol. The molecule has 13 atom stereocenters. The highest BCUT2D eigenvalue weighted by Crippen LogP contribution is 2.72. The number of ether oxygens (including phenoxy) is 3. The number of allylic oxidation sites excluding steroid dienone is 4. The number of likely N-dealkylation sites (N-methyl/N-ethyl adjacent to an activating group) is 1. The number of methoxy groups -OCH3 is 1. The molecule has 2 unspecified atom stereocenters. The summed E-state index contributed by atoms with van der Waals surface area (Å²) < 4.78 is 52.7. The number of rotatable bonds is 21. The summed E-state index contributed by atoms with van der Waals surface area (Å²) in [6, 6.07) is 10.6. The summed E-state index contributed by atoms with van der Waals surface area (Å²) in [6.07, 6.45) is -0.622. The van der Waals surface area contributed by atoms with E-state index in [9.17, 15) is 48.9 Å². The number of amides is 4. The van der Waals surface area contributed by atoms with Crippen molar-refractivity contribution in [2.75, 3.05) is 32.2 Å². The fraction of sp³-hybridized carbons (Fsp3) is 0.582. The predicted octanol–water partition coefficient (Wildman–Crippen LogP) is 5.17. The third-order valence-corrected chi connectivity index (χ3v) is 18.4. The number of hydrogen-bond acceptors (Lipinski definition) is 13. The number of halogens is 2. The second-order valence-corrected chi connectivity index (χ2v) is 22.5. The van der Waals surface area contributed by atoms with Crippen LogP contribution in [0.4, 0.5) is 14.5 Å². The second kappa shape index (κ2) is 22.6. The number of carboxylic acid groups (broad SMARTS) is 1. The molecule has 0 bridgehead atoms. The molecule has 4 amide bonds. The van der Waals surface area contributed by atoms with Crippen LogP contribution in [0.2, 0.25) is 0 Å². The topological polar surface area (TPSA) is 247 Å². The molecule has 3 saturated carbocycles. The molecule has 6 N–H and O–H groups in total. The van der Waals surface area contributed by atoms with Crippen LogP contribution in [0.3, 0.4) is 0 Å². The van der Waals surface area contributed by atoms with Crippen LogP contribution in [-0.2, 0) is 49.5 Å². The zero-order chi connectivity index (χ0) is 54.9. The number of hydrogen-bond donors (Lipinski definition) is 6. The van der Waals surface area contributed by atoms with E-state index in [0.717, 1.165) is 30.0 Å². The minimum atomic E-state index is -2.37. The summed E-state index contributed by atoms with van der Waals surface area (Å²) in [5.41, 5.74) is -4.33. The van der Waals surface area contributed by atoms with Gasteiger partial charge in [-0.1, -0.05) is 57.2 Å². The normalized spacial score (nSPS) is 30.6. The molecule has 4 aliphatic carbocycles. The largest absolute Gasteiger partial charge is 0.495 e. The molecule has 2 aromatic rings. The van der Waals surface area contributed by atoms with Crippen LogP contribution in [-0.4, -0.2) is 136 Å². The van der Waals surface area contributed by atoms with Gasteiger partial charge < -0.3 is 50.4 Å². The number of carboxylic acids is 1. The van der Waals surface area contributed by atoms with E-state index < -0.39 is 124 Å². The average molecular weight is 1070 g/mol. The van der Waals surface area contributed by atoms with E-state index in [1.807, 2.05) is 32.0 Å². The lowest BCUT2D eigenvalue weighted by Gasteiger charge is -2.63. The summed E-state index contributed by atoms with van der Waals surface area (Å²) in [4.78, 5) is 91.1. The summed E-state index contributed by atoms with van der Waals surface area (Å²) in [7, 11) is 3.00. The Morgan fingerprint density at radius 2 is 1.64 bits per heavy atom. The Kier molecular flexibility index (Phi) is 17.2. The zero-order valence-corrected chi connectivity index (χ0v) is 44.5. The van der Waals surface area contributed by atoms with Gasteiger partial charge in [-0.15, -0.1) is 11.8 Å². The number of benzene rings is 2. The number of nitrogens with zero attached hydrogens (tertiary/aromatic N) is 1. The summed E-state index contributed by atoms with van der Waals surface area (Å²) in [5.74, 6) is -5.70. The molecule has 0 spiro atoms. The van der Waals surface area contributed by atoms with Crippen molar-refractivity contribution in [3.05, 3.63) is 83.0 Å². The molecule has 75 heavy (non-hydrogen) atoms. The lowest BCUT2D eigenvalue weighted by atomic mass is 9.44. The van der Waals surface area contributed by atoms with Gasteiger partial charge in [-0.25, -0.2) is 8.78 Å².